The van der Waals surface area contributed by atoms with Crippen molar-refractivity contribution >= 4 is 21.5 Å². The summed E-state index contributed by atoms with van der Waals surface area (Å²) in [6.45, 7) is 0. The molecular formula is C13H15N3O4S. The normalized spacial score (nSPS) is 20.7. The SMILES string of the molecule is COC(=O)c1ccn2c(CC3CCCS3(=O)=O)nnc2c1. The van der Waals surface area contributed by atoms with Crippen LogP contribution in [0.5, 0.6) is 0 Å². The second-order valence-corrected chi connectivity index (χ2v) is 7.49. The van der Waals surface area contributed by atoms with E-state index in [9.17, 15) is 13.2 Å². The second-order valence-electron chi connectivity index (χ2n) is 5.09. The molecule has 112 valence electrons. The Bertz CT molecular complexity index is 797. The predicted molar refractivity (Wildman–Crippen MR) is 74.8 cm³/mol. The number of fused-ring (bicyclic) bond motifs is 1. The number of nitrogens with zero attached hydrogens (tertiary/aromatic N) is 3. The minimum Gasteiger partial charge on any atom is -0.465 e. The first-order valence-corrected chi connectivity index (χ1v) is 8.36. The summed E-state index contributed by atoms with van der Waals surface area (Å²) in [6.07, 6.45) is 3.38. The van der Waals surface area contributed by atoms with E-state index in [4.69, 9.17) is 0 Å². The molecule has 1 aliphatic rings. The molecule has 2 aromatic rings. The minimum absolute atomic E-state index is 0.251. The van der Waals surface area contributed by atoms with Crippen LogP contribution in [0.1, 0.15) is 29.0 Å². The molecular weight excluding hydrogens is 294 g/mol. The van der Waals surface area contributed by atoms with Crippen molar-refractivity contribution in [3.8, 4) is 0 Å². The molecule has 0 N–H and O–H groups in total. The number of ether oxygens (including phenoxy) is 1. The zero-order chi connectivity index (χ0) is 15.0. The van der Waals surface area contributed by atoms with Gasteiger partial charge in [0.25, 0.3) is 0 Å². The maximum atomic E-state index is 11.9. The fourth-order valence-corrected chi connectivity index (χ4v) is 4.45. The number of hydrogen-bond donors (Lipinski definition) is 0. The van der Waals surface area contributed by atoms with Crippen LogP contribution >= 0.6 is 0 Å². The first-order valence-electron chi connectivity index (χ1n) is 6.65. The van der Waals surface area contributed by atoms with Crippen LogP contribution in [0.2, 0.25) is 0 Å². The monoisotopic (exact) mass is 309 g/mol. The van der Waals surface area contributed by atoms with E-state index in [1.807, 2.05) is 0 Å². The van der Waals surface area contributed by atoms with Gasteiger partial charge >= 0.3 is 5.97 Å². The van der Waals surface area contributed by atoms with Crippen molar-refractivity contribution in [1.29, 1.82) is 0 Å². The van der Waals surface area contributed by atoms with Gasteiger partial charge in [0.1, 0.15) is 5.82 Å². The molecule has 0 bridgehead atoms. The molecule has 1 unspecified atom stereocenters. The summed E-state index contributed by atoms with van der Waals surface area (Å²) in [5.74, 6) is 0.401. The molecule has 0 aromatic carbocycles. The Kier molecular flexibility index (Phi) is 3.40. The highest BCUT2D eigenvalue weighted by Gasteiger charge is 2.32. The molecule has 1 atom stereocenters. The van der Waals surface area contributed by atoms with E-state index in [1.54, 1.807) is 22.7 Å². The summed E-state index contributed by atoms with van der Waals surface area (Å²) < 4.78 is 30.1. The largest absolute Gasteiger partial charge is 0.465 e. The van der Waals surface area contributed by atoms with E-state index in [1.165, 1.54) is 7.11 Å². The third kappa shape index (κ3) is 2.51. The van der Waals surface area contributed by atoms with Crippen LogP contribution in [0.25, 0.3) is 5.65 Å². The number of aromatic nitrogens is 3. The molecule has 3 rings (SSSR count). The van der Waals surface area contributed by atoms with Gasteiger partial charge < -0.3 is 4.74 Å². The summed E-state index contributed by atoms with van der Waals surface area (Å²) in [5.41, 5.74) is 0.890. The molecule has 3 heterocycles. The lowest BCUT2D eigenvalue weighted by molar-refractivity contribution is 0.0600. The molecule has 0 saturated carbocycles. The van der Waals surface area contributed by atoms with Gasteiger partial charge in [0.05, 0.1) is 23.7 Å². The molecule has 0 spiro atoms. The average molecular weight is 309 g/mol. The lowest BCUT2D eigenvalue weighted by atomic mass is 10.2. The van der Waals surface area contributed by atoms with Crippen molar-refractivity contribution in [2.45, 2.75) is 24.5 Å². The van der Waals surface area contributed by atoms with Crippen molar-refractivity contribution in [2.24, 2.45) is 0 Å². The number of carbonyl (C=O) groups is 1. The molecule has 2 aromatic heterocycles. The molecule has 1 fully saturated rings. The number of esters is 1. The van der Waals surface area contributed by atoms with Crippen LogP contribution in [0.4, 0.5) is 0 Å². The van der Waals surface area contributed by atoms with Gasteiger partial charge in [0.15, 0.2) is 15.5 Å². The Hall–Kier alpha value is -1.96. The van der Waals surface area contributed by atoms with E-state index in [0.29, 0.717) is 36.3 Å². The lowest BCUT2D eigenvalue weighted by Gasteiger charge is -2.07. The van der Waals surface area contributed by atoms with E-state index in [2.05, 4.69) is 14.9 Å². The summed E-state index contributed by atoms with van der Waals surface area (Å²) >= 11 is 0. The van der Waals surface area contributed by atoms with Crippen LogP contribution in [0, 0.1) is 0 Å². The maximum absolute atomic E-state index is 11.9. The number of sulfone groups is 1. The van der Waals surface area contributed by atoms with Crippen LogP contribution in [-0.2, 0) is 21.0 Å². The van der Waals surface area contributed by atoms with Crippen LogP contribution in [-0.4, -0.2) is 47.1 Å². The third-order valence-corrected chi connectivity index (χ3v) is 6.05. The van der Waals surface area contributed by atoms with Crippen molar-refractivity contribution in [2.75, 3.05) is 12.9 Å². The van der Waals surface area contributed by atoms with Crippen molar-refractivity contribution in [1.82, 2.24) is 14.6 Å². The van der Waals surface area contributed by atoms with Crippen molar-refractivity contribution in [3.05, 3.63) is 29.7 Å². The van der Waals surface area contributed by atoms with E-state index in [0.717, 1.165) is 0 Å². The number of rotatable bonds is 3. The molecule has 7 nitrogen and oxygen atoms in total. The smallest absolute Gasteiger partial charge is 0.338 e. The van der Waals surface area contributed by atoms with Gasteiger partial charge in [0, 0.05) is 12.6 Å². The summed E-state index contributed by atoms with van der Waals surface area (Å²) in [5, 5.41) is 7.66. The van der Waals surface area contributed by atoms with E-state index < -0.39 is 15.8 Å². The number of hydrogen-bond acceptors (Lipinski definition) is 6. The van der Waals surface area contributed by atoms with Crippen LogP contribution in [0.3, 0.4) is 0 Å². The predicted octanol–water partition coefficient (Wildman–Crippen LogP) is 0.636. The maximum Gasteiger partial charge on any atom is 0.338 e. The first kappa shape index (κ1) is 14.0. The number of pyridine rings is 1. The highest BCUT2D eigenvalue weighted by molar-refractivity contribution is 7.92. The summed E-state index contributed by atoms with van der Waals surface area (Å²) in [4.78, 5) is 11.5. The highest BCUT2D eigenvalue weighted by Crippen LogP contribution is 2.23. The molecule has 0 aliphatic carbocycles. The summed E-state index contributed by atoms with van der Waals surface area (Å²) in [6, 6.07) is 3.18. The van der Waals surface area contributed by atoms with Gasteiger partial charge in [0.2, 0.25) is 0 Å². The second kappa shape index (κ2) is 5.10. The zero-order valence-corrected chi connectivity index (χ0v) is 12.3. The zero-order valence-electron chi connectivity index (χ0n) is 11.5. The Balaban J connectivity index is 1.92. The van der Waals surface area contributed by atoms with Gasteiger partial charge in [-0.3, -0.25) is 4.40 Å². The third-order valence-electron chi connectivity index (χ3n) is 3.77. The molecule has 8 heteroatoms. The van der Waals surface area contributed by atoms with Gasteiger partial charge in [-0.25, -0.2) is 13.2 Å². The van der Waals surface area contributed by atoms with Gasteiger partial charge in [-0.2, -0.15) is 0 Å². The Labute approximate surface area is 121 Å². The van der Waals surface area contributed by atoms with E-state index >= 15 is 0 Å². The van der Waals surface area contributed by atoms with Crippen LogP contribution < -0.4 is 0 Å². The molecule has 0 radical (unpaired) electrons. The van der Waals surface area contributed by atoms with Crippen molar-refractivity contribution in [3.63, 3.8) is 0 Å². The first-order chi connectivity index (χ1) is 10.0. The lowest BCUT2D eigenvalue weighted by Crippen LogP contribution is -2.20. The number of methoxy groups -OCH3 is 1. The molecule has 21 heavy (non-hydrogen) atoms. The fourth-order valence-electron chi connectivity index (χ4n) is 2.62. The minimum atomic E-state index is -3.01. The van der Waals surface area contributed by atoms with Crippen molar-refractivity contribution < 1.29 is 17.9 Å². The van der Waals surface area contributed by atoms with Gasteiger partial charge in [-0.05, 0) is 25.0 Å². The molecule has 0 amide bonds. The van der Waals surface area contributed by atoms with Gasteiger partial charge in [-0.15, -0.1) is 10.2 Å². The standard InChI is InChI=1S/C13H15N3O4S/c1-20-13(17)9-4-5-16-11(7-9)14-15-12(16)8-10-3-2-6-21(10,18)19/h4-5,7,10H,2-3,6,8H2,1H3. The molecule has 1 saturated heterocycles. The quantitative estimate of drug-likeness (QED) is 0.773. The Morgan fingerprint density at radius 2 is 2.29 bits per heavy atom. The Morgan fingerprint density at radius 3 is 2.95 bits per heavy atom. The number of carbonyl (C=O) groups excluding carboxylic acids is 1. The average Bonchev–Trinajstić information content (AvgIpc) is 3.02. The topological polar surface area (TPSA) is 90.6 Å². The van der Waals surface area contributed by atoms with Gasteiger partial charge in [-0.1, -0.05) is 0 Å². The van der Waals surface area contributed by atoms with Crippen LogP contribution in [0.15, 0.2) is 18.3 Å². The summed E-state index contributed by atoms with van der Waals surface area (Å²) in [7, 11) is -1.70. The Morgan fingerprint density at radius 1 is 1.48 bits per heavy atom. The van der Waals surface area contributed by atoms with E-state index in [-0.39, 0.29) is 11.0 Å². The highest BCUT2D eigenvalue weighted by atomic mass is 32.2. The molecule has 1 aliphatic heterocycles. The fraction of sp³-hybridized carbons (Fsp3) is 0.462.